The number of fused-ring (bicyclic) bond motifs is 1. The van der Waals surface area contributed by atoms with E-state index in [-0.39, 0.29) is 11.8 Å². The van der Waals surface area contributed by atoms with Crippen LogP contribution in [0.4, 0.5) is 5.00 Å². The number of nitrogens with zero attached hydrogens (tertiary/aromatic N) is 1. The summed E-state index contributed by atoms with van der Waals surface area (Å²) in [5.74, 6) is 0.117. The maximum absolute atomic E-state index is 11.8. The number of anilines is 1. The van der Waals surface area contributed by atoms with Crippen LogP contribution in [0, 0.1) is 17.2 Å². The lowest BCUT2D eigenvalue weighted by Gasteiger charge is -2.08. The highest BCUT2D eigenvalue weighted by Gasteiger charge is 2.23. The largest absolute Gasteiger partial charge is 0.330 e. The highest BCUT2D eigenvalue weighted by Crippen LogP contribution is 2.38. The van der Waals surface area contributed by atoms with Crippen molar-refractivity contribution in [2.75, 3.05) is 11.9 Å². The Hall–Kier alpha value is -1.38. The Morgan fingerprint density at radius 1 is 1.61 bits per heavy atom. The molecule has 4 nitrogen and oxygen atoms in total. The molecule has 3 N–H and O–H groups in total. The van der Waals surface area contributed by atoms with Crippen LogP contribution < -0.4 is 11.1 Å². The van der Waals surface area contributed by atoms with Gasteiger partial charge in [0.2, 0.25) is 5.91 Å². The van der Waals surface area contributed by atoms with Crippen LogP contribution in [0.3, 0.4) is 0 Å². The summed E-state index contributed by atoms with van der Waals surface area (Å²) in [6.45, 7) is 2.44. The van der Waals surface area contributed by atoms with Gasteiger partial charge in [0.15, 0.2) is 0 Å². The van der Waals surface area contributed by atoms with E-state index in [1.807, 2.05) is 6.92 Å². The summed E-state index contributed by atoms with van der Waals surface area (Å²) in [5.41, 5.74) is 7.31. The van der Waals surface area contributed by atoms with E-state index in [1.54, 1.807) is 11.3 Å². The minimum Gasteiger partial charge on any atom is -0.330 e. The number of amides is 1. The normalized spacial score (nSPS) is 14.9. The van der Waals surface area contributed by atoms with E-state index >= 15 is 0 Å². The second-order valence-corrected chi connectivity index (χ2v) is 5.87. The molecule has 1 unspecified atom stereocenters. The number of nitrogens with one attached hydrogen (secondary N) is 1. The lowest BCUT2D eigenvalue weighted by molar-refractivity contribution is -0.116. The van der Waals surface area contributed by atoms with Crippen LogP contribution in [0.5, 0.6) is 0 Å². The summed E-state index contributed by atoms with van der Waals surface area (Å²) < 4.78 is 0. The molecule has 96 valence electrons. The van der Waals surface area contributed by atoms with Crippen molar-refractivity contribution in [3.63, 3.8) is 0 Å². The number of hydrogen-bond acceptors (Lipinski definition) is 4. The molecule has 1 heterocycles. The molecule has 18 heavy (non-hydrogen) atoms. The minimum atomic E-state index is -0.0515. The van der Waals surface area contributed by atoms with Crippen molar-refractivity contribution < 1.29 is 4.79 Å². The van der Waals surface area contributed by atoms with Gasteiger partial charge in [-0.2, -0.15) is 5.26 Å². The summed E-state index contributed by atoms with van der Waals surface area (Å²) in [6, 6.07) is 2.22. The van der Waals surface area contributed by atoms with E-state index < -0.39 is 0 Å². The average molecular weight is 263 g/mol. The van der Waals surface area contributed by atoms with Gasteiger partial charge in [-0.3, -0.25) is 4.79 Å². The zero-order valence-electron chi connectivity index (χ0n) is 10.5. The lowest BCUT2D eigenvalue weighted by atomic mass is 10.1. The van der Waals surface area contributed by atoms with Crippen LogP contribution in [-0.4, -0.2) is 12.5 Å². The van der Waals surface area contributed by atoms with Crippen LogP contribution in [0.25, 0.3) is 0 Å². The third-order valence-corrected chi connectivity index (χ3v) is 4.43. The molecule has 0 saturated heterocycles. The first-order valence-corrected chi connectivity index (χ1v) is 7.02. The van der Waals surface area contributed by atoms with Gasteiger partial charge in [-0.15, -0.1) is 11.3 Å². The Labute approximate surface area is 111 Å². The SMILES string of the molecule is CC(CN)CC(=O)Nc1sc2c(c1C#N)CCC2. The first-order valence-electron chi connectivity index (χ1n) is 6.20. The second kappa shape index (κ2) is 5.51. The Kier molecular flexibility index (Phi) is 4.00. The van der Waals surface area contributed by atoms with Crippen molar-refractivity contribution in [2.45, 2.75) is 32.6 Å². The number of carbonyl (C=O) groups excluding carboxylic acids is 1. The molecule has 1 aromatic heterocycles. The van der Waals surface area contributed by atoms with Crippen molar-refractivity contribution in [1.29, 1.82) is 5.26 Å². The third-order valence-electron chi connectivity index (χ3n) is 3.22. The van der Waals surface area contributed by atoms with Crippen LogP contribution >= 0.6 is 11.3 Å². The van der Waals surface area contributed by atoms with Gasteiger partial charge in [0.25, 0.3) is 0 Å². The number of nitriles is 1. The molecule has 1 atom stereocenters. The minimum absolute atomic E-state index is 0.0515. The molecule has 0 bridgehead atoms. The van der Waals surface area contributed by atoms with Crippen LogP contribution in [0.1, 0.15) is 35.8 Å². The average Bonchev–Trinajstić information content (AvgIpc) is 2.88. The first kappa shape index (κ1) is 13.1. The van der Waals surface area contributed by atoms with Crippen molar-refractivity contribution in [1.82, 2.24) is 0 Å². The van der Waals surface area contributed by atoms with Gasteiger partial charge in [0.1, 0.15) is 11.1 Å². The number of hydrogen-bond donors (Lipinski definition) is 2. The third kappa shape index (κ3) is 2.55. The summed E-state index contributed by atoms with van der Waals surface area (Å²) >= 11 is 1.55. The smallest absolute Gasteiger partial charge is 0.225 e. The number of thiophene rings is 1. The highest BCUT2D eigenvalue weighted by molar-refractivity contribution is 7.16. The van der Waals surface area contributed by atoms with Gasteiger partial charge in [-0.05, 0) is 37.3 Å². The van der Waals surface area contributed by atoms with Gasteiger partial charge in [-0.1, -0.05) is 6.92 Å². The molecule has 0 saturated carbocycles. The maximum atomic E-state index is 11.8. The van der Waals surface area contributed by atoms with E-state index in [0.29, 0.717) is 18.5 Å². The molecule has 1 aliphatic carbocycles. The predicted molar refractivity (Wildman–Crippen MR) is 72.5 cm³/mol. The quantitative estimate of drug-likeness (QED) is 0.872. The second-order valence-electron chi connectivity index (χ2n) is 4.77. The molecule has 0 radical (unpaired) electrons. The molecule has 1 aliphatic rings. The molecule has 0 fully saturated rings. The van der Waals surface area contributed by atoms with Gasteiger partial charge < -0.3 is 11.1 Å². The van der Waals surface area contributed by atoms with Gasteiger partial charge in [0, 0.05) is 11.3 Å². The fourth-order valence-corrected chi connectivity index (χ4v) is 3.44. The molecule has 0 aliphatic heterocycles. The van der Waals surface area contributed by atoms with Crippen LogP contribution in [0.2, 0.25) is 0 Å². The number of aryl methyl sites for hydroxylation is 1. The maximum Gasteiger partial charge on any atom is 0.225 e. The fourth-order valence-electron chi connectivity index (χ4n) is 2.19. The number of rotatable bonds is 4. The molecule has 5 heteroatoms. The number of nitrogens with two attached hydrogens (primary N) is 1. The van der Waals surface area contributed by atoms with E-state index in [4.69, 9.17) is 5.73 Å². The molecular weight excluding hydrogens is 246 g/mol. The Morgan fingerprint density at radius 2 is 2.39 bits per heavy atom. The summed E-state index contributed by atoms with van der Waals surface area (Å²) in [4.78, 5) is 13.1. The Morgan fingerprint density at radius 3 is 3.06 bits per heavy atom. The molecule has 2 rings (SSSR count). The number of carbonyl (C=O) groups is 1. The Balaban J connectivity index is 2.11. The van der Waals surface area contributed by atoms with Crippen LogP contribution in [0.15, 0.2) is 0 Å². The summed E-state index contributed by atoms with van der Waals surface area (Å²) in [6.07, 6.45) is 3.52. The lowest BCUT2D eigenvalue weighted by Crippen LogP contribution is -2.20. The zero-order valence-corrected chi connectivity index (χ0v) is 11.3. The fraction of sp³-hybridized carbons (Fsp3) is 0.538. The van der Waals surface area contributed by atoms with Crippen LogP contribution in [-0.2, 0) is 17.6 Å². The molecular formula is C13H17N3OS. The monoisotopic (exact) mass is 263 g/mol. The van der Waals surface area contributed by atoms with E-state index in [1.165, 1.54) is 4.88 Å². The van der Waals surface area contributed by atoms with Crippen molar-refractivity contribution in [2.24, 2.45) is 11.7 Å². The molecule has 1 aromatic rings. The van der Waals surface area contributed by atoms with E-state index in [9.17, 15) is 10.1 Å². The molecule has 0 aromatic carbocycles. The zero-order chi connectivity index (χ0) is 13.1. The van der Waals surface area contributed by atoms with Gasteiger partial charge in [0.05, 0.1) is 5.56 Å². The summed E-state index contributed by atoms with van der Waals surface area (Å²) in [7, 11) is 0. The Bertz CT molecular complexity index is 501. The van der Waals surface area contributed by atoms with Gasteiger partial charge in [-0.25, -0.2) is 0 Å². The predicted octanol–water partition coefficient (Wildman–Crippen LogP) is 2.03. The van der Waals surface area contributed by atoms with Gasteiger partial charge >= 0.3 is 0 Å². The van der Waals surface area contributed by atoms with Crippen molar-refractivity contribution in [3.05, 3.63) is 16.0 Å². The first-order chi connectivity index (χ1) is 8.65. The van der Waals surface area contributed by atoms with Crippen molar-refractivity contribution >= 4 is 22.2 Å². The molecule has 1 amide bonds. The van der Waals surface area contributed by atoms with Crippen molar-refractivity contribution in [3.8, 4) is 6.07 Å². The van der Waals surface area contributed by atoms with E-state index in [0.717, 1.165) is 29.8 Å². The summed E-state index contributed by atoms with van der Waals surface area (Å²) in [5, 5.41) is 12.8. The van der Waals surface area contributed by atoms with E-state index in [2.05, 4.69) is 11.4 Å². The highest BCUT2D eigenvalue weighted by atomic mass is 32.1. The molecule has 0 spiro atoms. The topological polar surface area (TPSA) is 78.9 Å². The standard InChI is InChI=1S/C13H17N3OS/c1-8(6-14)5-12(17)16-13-10(7-15)9-3-2-4-11(9)18-13/h8H,2-6,14H2,1H3,(H,16,17).